The number of hydrogen-bond acceptors (Lipinski definition) is 5. The van der Waals surface area contributed by atoms with Crippen LogP contribution < -0.4 is 4.31 Å². The fourth-order valence-electron chi connectivity index (χ4n) is 4.69. The maximum absolute atomic E-state index is 13.3. The lowest BCUT2D eigenvalue weighted by Gasteiger charge is -2.30. The highest BCUT2D eigenvalue weighted by atomic mass is 32.2. The van der Waals surface area contributed by atoms with Crippen molar-refractivity contribution in [2.75, 3.05) is 17.4 Å². The molecule has 5 rings (SSSR count). The molecule has 0 aliphatic carbocycles. The van der Waals surface area contributed by atoms with Crippen LogP contribution in [0.5, 0.6) is 0 Å². The lowest BCUT2D eigenvalue weighted by atomic mass is 9.99. The first-order valence-corrected chi connectivity index (χ1v) is 13.1. The van der Waals surface area contributed by atoms with E-state index in [1.54, 1.807) is 24.0 Å². The second-order valence-corrected chi connectivity index (χ2v) is 10.7. The number of benzene rings is 3. The number of rotatable bonds is 5. The topological polar surface area (TPSA) is 84.0 Å². The molecule has 1 unspecified atom stereocenters. The molecule has 0 saturated carbocycles. The van der Waals surface area contributed by atoms with Gasteiger partial charge in [0.2, 0.25) is 0 Å². The molecule has 2 aliphatic rings. The lowest BCUT2D eigenvalue weighted by molar-refractivity contribution is -0.140. The molecule has 1 atom stereocenters. The Kier molecular flexibility index (Phi) is 6.06. The van der Waals surface area contributed by atoms with Crippen molar-refractivity contribution < 1.29 is 22.7 Å². The van der Waals surface area contributed by atoms with Gasteiger partial charge in [0.1, 0.15) is 0 Å². The second-order valence-electron chi connectivity index (χ2n) is 8.81. The number of ether oxygens (including phenoxy) is 1. The van der Waals surface area contributed by atoms with Crippen LogP contribution in [0.2, 0.25) is 0 Å². The Balaban J connectivity index is 1.29. The monoisotopic (exact) mass is 490 g/mol. The summed E-state index contributed by atoms with van der Waals surface area (Å²) in [6.07, 6.45) is 0.401. The number of fused-ring (bicyclic) bond motifs is 2. The van der Waals surface area contributed by atoms with Crippen molar-refractivity contribution in [3.63, 3.8) is 0 Å². The Labute approximate surface area is 205 Å². The molecule has 1 amide bonds. The number of sulfonamides is 1. The van der Waals surface area contributed by atoms with Crippen LogP contribution in [0.15, 0.2) is 77.7 Å². The van der Waals surface area contributed by atoms with E-state index in [4.69, 9.17) is 4.74 Å². The van der Waals surface area contributed by atoms with Crippen LogP contribution in [0.1, 0.15) is 34.0 Å². The van der Waals surface area contributed by atoms with E-state index in [1.807, 2.05) is 30.3 Å². The molecule has 3 aromatic carbocycles. The maximum atomic E-state index is 13.3. The lowest BCUT2D eigenvalue weighted by Crippen LogP contribution is -2.42. The van der Waals surface area contributed by atoms with E-state index in [0.717, 1.165) is 17.5 Å². The van der Waals surface area contributed by atoms with Gasteiger partial charge in [-0.1, -0.05) is 48.5 Å². The molecule has 0 radical (unpaired) electrons. The fraction of sp³-hybridized carbons (Fsp3) is 0.259. The van der Waals surface area contributed by atoms with E-state index in [2.05, 4.69) is 6.07 Å². The summed E-state index contributed by atoms with van der Waals surface area (Å²) in [6.45, 7) is 2.92. The summed E-state index contributed by atoms with van der Waals surface area (Å²) in [5, 5.41) is 0. The number of carbonyl (C=O) groups is 2. The quantitative estimate of drug-likeness (QED) is 0.511. The number of esters is 1. The van der Waals surface area contributed by atoms with Crippen molar-refractivity contribution in [1.29, 1.82) is 0 Å². The SMILES string of the molecule is CC(OC(=O)c1cccc(S(=O)(=O)N2CCc3ccccc32)c1)C(=O)N1CCc2ccccc2C1. The smallest absolute Gasteiger partial charge is 0.338 e. The highest BCUT2D eigenvalue weighted by Crippen LogP contribution is 2.33. The summed E-state index contributed by atoms with van der Waals surface area (Å²) in [5.41, 5.74) is 4.02. The Hall–Kier alpha value is -3.65. The van der Waals surface area contributed by atoms with Crippen LogP contribution in [0.25, 0.3) is 0 Å². The van der Waals surface area contributed by atoms with Gasteiger partial charge >= 0.3 is 5.97 Å². The molecule has 0 aromatic heterocycles. The molecule has 2 aliphatic heterocycles. The average Bonchev–Trinajstić information content (AvgIpc) is 3.33. The van der Waals surface area contributed by atoms with Gasteiger partial charge in [-0.25, -0.2) is 13.2 Å². The van der Waals surface area contributed by atoms with Gasteiger partial charge in [0.05, 0.1) is 16.1 Å². The maximum Gasteiger partial charge on any atom is 0.338 e. The van der Waals surface area contributed by atoms with Gasteiger partial charge in [0, 0.05) is 19.6 Å². The van der Waals surface area contributed by atoms with Crippen LogP contribution in [-0.2, 0) is 38.9 Å². The summed E-state index contributed by atoms with van der Waals surface area (Å²) < 4.78 is 33.5. The summed E-state index contributed by atoms with van der Waals surface area (Å²) in [4.78, 5) is 27.5. The van der Waals surface area contributed by atoms with E-state index >= 15 is 0 Å². The predicted octanol–water partition coefficient (Wildman–Crippen LogP) is 3.57. The van der Waals surface area contributed by atoms with Gasteiger partial charge in [-0.3, -0.25) is 9.10 Å². The fourth-order valence-corrected chi connectivity index (χ4v) is 6.24. The zero-order valence-corrected chi connectivity index (χ0v) is 20.2. The number of para-hydroxylation sites is 1. The minimum Gasteiger partial charge on any atom is -0.449 e. The molecule has 7 nitrogen and oxygen atoms in total. The molecule has 180 valence electrons. The van der Waals surface area contributed by atoms with Crippen molar-refractivity contribution in [2.45, 2.75) is 37.3 Å². The molecule has 0 bridgehead atoms. The van der Waals surface area contributed by atoms with E-state index in [0.29, 0.717) is 31.7 Å². The molecule has 8 heteroatoms. The first-order valence-electron chi connectivity index (χ1n) is 11.6. The summed E-state index contributed by atoms with van der Waals surface area (Å²) in [7, 11) is -3.85. The molecule has 2 heterocycles. The Morgan fingerprint density at radius 3 is 2.34 bits per heavy atom. The molecule has 0 saturated heterocycles. The van der Waals surface area contributed by atoms with Crippen LogP contribution in [0, 0.1) is 0 Å². The summed E-state index contributed by atoms with van der Waals surface area (Å²) >= 11 is 0. The van der Waals surface area contributed by atoms with Crippen LogP contribution in [-0.4, -0.2) is 44.4 Å². The Morgan fingerprint density at radius 1 is 0.857 bits per heavy atom. The molecule has 0 N–H and O–H groups in total. The van der Waals surface area contributed by atoms with Crippen molar-refractivity contribution in [3.8, 4) is 0 Å². The zero-order valence-electron chi connectivity index (χ0n) is 19.4. The van der Waals surface area contributed by atoms with Gasteiger partial charge < -0.3 is 9.64 Å². The van der Waals surface area contributed by atoms with Gasteiger partial charge in [0.25, 0.3) is 15.9 Å². The van der Waals surface area contributed by atoms with Crippen molar-refractivity contribution in [3.05, 3.63) is 95.1 Å². The average molecular weight is 491 g/mol. The molecule has 35 heavy (non-hydrogen) atoms. The third kappa shape index (κ3) is 4.41. The van der Waals surface area contributed by atoms with Crippen molar-refractivity contribution in [1.82, 2.24) is 4.90 Å². The normalized spacial score (nSPS) is 15.8. The van der Waals surface area contributed by atoms with E-state index in [9.17, 15) is 18.0 Å². The highest BCUT2D eigenvalue weighted by Gasteiger charge is 2.32. The first-order chi connectivity index (χ1) is 16.8. The van der Waals surface area contributed by atoms with Gasteiger partial charge in [-0.05, 0) is 60.7 Å². The number of hydrogen-bond donors (Lipinski definition) is 0. The van der Waals surface area contributed by atoms with E-state index in [1.165, 1.54) is 34.1 Å². The number of nitrogens with zero attached hydrogens (tertiary/aromatic N) is 2. The Bertz CT molecular complexity index is 1400. The van der Waals surface area contributed by atoms with Crippen molar-refractivity contribution >= 4 is 27.6 Å². The second kappa shape index (κ2) is 9.19. The summed E-state index contributed by atoms with van der Waals surface area (Å²) in [5.74, 6) is -1.01. The van der Waals surface area contributed by atoms with Gasteiger partial charge in [0.15, 0.2) is 6.10 Å². The molecular weight excluding hydrogens is 464 g/mol. The molecule has 0 fully saturated rings. The molecule has 3 aromatic rings. The number of amides is 1. The Morgan fingerprint density at radius 2 is 1.54 bits per heavy atom. The van der Waals surface area contributed by atoms with Crippen LogP contribution in [0.4, 0.5) is 5.69 Å². The minimum atomic E-state index is -3.85. The minimum absolute atomic E-state index is 0.00951. The van der Waals surface area contributed by atoms with E-state index in [-0.39, 0.29) is 16.4 Å². The van der Waals surface area contributed by atoms with Crippen LogP contribution in [0.3, 0.4) is 0 Å². The third-order valence-electron chi connectivity index (χ3n) is 6.58. The van der Waals surface area contributed by atoms with Gasteiger partial charge in [-0.2, -0.15) is 0 Å². The molecule has 0 spiro atoms. The van der Waals surface area contributed by atoms with E-state index < -0.39 is 22.1 Å². The first kappa shape index (κ1) is 23.1. The predicted molar refractivity (Wildman–Crippen MR) is 132 cm³/mol. The summed E-state index contributed by atoms with van der Waals surface area (Å²) in [6, 6.07) is 21.2. The van der Waals surface area contributed by atoms with Crippen molar-refractivity contribution in [2.24, 2.45) is 0 Å². The van der Waals surface area contributed by atoms with Crippen LogP contribution >= 0.6 is 0 Å². The number of anilines is 1. The van der Waals surface area contributed by atoms with Gasteiger partial charge in [-0.15, -0.1) is 0 Å². The zero-order chi connectivity index (χ0) is 24.6. The standard InChI is InChI=1S/C27H26N2O5S/c1-19(26(30)28-15-13-20-7-2-3-9-23(20)18-28)34-27(31)22-10-6-11-24(17-22)35(32,33)29-16-14-21-8-4-5-12-25(21)29/h2-12,17,19H,13-16,18H2,1H3. The molecular formula is C27H26N2O5S. The highest BCUT2D eigenvalue weighted by molar-refractivity contribution is 7.92. The largest absolute Gasteiger partial charge is 0.449 e. The third-order valence-corrected chi connectivity index (χ3v) is 8.39. The number of carbonyl (C=O) groups excluding carboxylic acids is 2.